The molecular formula is C45H90NO9P. The summed E-state index contributed by atoms with van der Waals surface area (Å²) in [4.78, 5) is 33.6. The number of carboxylic acids is 1. The molecule has 0 aliphatic carbocycles. The van der Waals surface area contributed by atoms with Gasteiger partial charge in [-0.1, -0.05) is 219 Å². The van der Waals surface area contributed by atoms with Gasteiger partial charge in [0.1, 0.15) is 12.1 Å². The summed E-state index contributed by atoms with van der Waals surface area (Å²) in [5, 5.41) is 8.90. The lowest BCUT2D eigenvalue weighted by Crippen LogP contribution is -2.34. The molecule has 0 aromatic rings. The van der Waals surface area contributed by atoms with Gasteiger partial charge in [-0.2, -0.15) is 0 Å². The summed E-state index contributed by atoms with van der Waals surface area (Å²) in [6.07, 6.45) is 43.0. The minimum atomic E-state index is -4.61. The lowest BCUT2D eigenvalue weighted by Gasteiger charge is -2.20. The molecular weight excluding hydrogens is 729 g/mol. The standard InChI is InChI=1S/C45H90NO9P/c1-3-5-7-9-11-13-15-17-18-19-20-21-22-23-24-25-26-27-29-31-33-35-37-44(47)55-42(40-53-56(50,51)54-41-43(46)45(48)49)39-52-38-36-34-32-30-28-16-14-12-10-8-6-4-2/h42-43H,3-41,46H2,1-2H3,(H,48,49)(H,50,51). The van der Waals surface area contributed by atoms with Crippen LogP contribution < -0.4 is 5.73 Å². The third-order valence-corrected chi connectivity index (χ3v) is 11.6. The van der Waals surface area contributed by atoms with Gasteiger partial charge < -0.3 is 25.2 Å². The highest BCUT2D eigenvalue weighted by atomic mass is 31.2. The van der Waals surface area contributed by atoms with Gasteiger partial charge in [-0.15, -0.1) is 0 Å². The van der Waals surface area contributed by atoms with Crippen LogP contribution in [-0.2, 0) is 32.7 Å². The van der Waals surface area contributed by atoms with E-state index in [0.717, 1.165) is 38.5 Å². The Hall–Kier alpha value is -1.03. The van der Waals surface area contributed by atoms with E-state index in [1.54, 1.807) is 0 Å². The Bertz CT molecular complexity index is 909. The van der Waals surface area contributed by atoms with Crippen LogP contribution in [0.25, 0.3) is 0 Å². The third kappa shape index (κ3) is 41.1. The van der Waals surface area contributed by atoms with Crippen molar-refractivity contribution >= 4 is 19.8 Å². The van der Waals surface area contributed by atoms with Crippen molar-refractivity contribution in [2.24, 2.45) is 5.73 Å². The van der Waals surface area contributed by atoms with Crippen LogP contribution in [0.5, 0.6) is 0 Å². The van der Waals surface area contributed by atoms with E-state index < -0.39 is 45.1 Å². The van der Waals surface area contributed by atoms with Crippen molar-refractivity contribution in [2.45, 2.75) is 251 Å². The van der Waals surface area contributed by atoms with Crippen molar-refractivity contribution in [1.29, 1.82) is 0 Å². The Morgan fingerprint density at radius 1 is 0.500 bits per heavy atom. The maximum atomic E-state index is 12.6. The number of aliphatic carboxylic acids is 1. The number of phosphoric ester groups is 1. The highest BCUT2D eigenvalue weighted by molar-refractivity contribution is 7.47. The molecule has 0 saturated carbocycles. The molecule has 0 amide bonds. The normalized spacial score (nSPS) is 13.8. The summed E-state index contributed by atoms with van der Waals surface area (Å²) in [7, 11) is -4.61. The fourth-order valence-electron chi connectivity index (χ4n) is 6.96. The number of esters is 1. The van der Waals surface area contributed by atoms with Crippen molar-refractivity contribution in [3.05, 3.63) is 0 Å². The molecule has 0 aromatic heterocycles. The number of carbonyl (C=O) groups excluding carboxylic acids is 1. The second kappa shape index (κ2) is 42.1. The van der Waals surface area contributed by atoms with Gasteiger partial charge in [-0.3, -0.25) is 18.6 Å². The molecule has 0 aromatic carbocycles. The number of hydrogen-bond donors (Lipinski definition) is 3. The number of unbranched alkanes of at least 4 members (excludes halogenated alkanes) is 32. The largest absolute Gasteiger partial charge is 0.480 e. The van der Waals surface area contributed by atoms with Crippen LogP contribution in [0.2, 0.25) is 0 Å². The third-order valence-electron chi connectivity index (χ3n) is 10.6. The zero-order valence-electron chi connectivity index (χ0n) is 36.5. The Labute approximate surface area is 344 Å². The van der Waals surface area contributed by atoms with Crippen LogP contribution in [0.4, 0.5) is 0 Å². The molecule has 0 bridgehead atoms. The fourth-order valence-corrected chi connectivity index (χ4v) is 7.74. The molecule has 0 aliphatic rings. The molecule has 0 heterocycles. The van der Waals surface area contributed by atoms with Crippen molar-refractivity contribution < 1.29 is 42.7 Å². The van der Waals surface area contributed by atoms with Crippen LogP contribution in [0, 0.1) is 0 Å². The second-order valence-electron chi connectivity index (χ2n) is 16.3. The summed E-state index contributed by atoms with van der Waals surface area (Å²) in [6.45, 7) is 3.93. The molecule has 0 aliphatic heterocycles. The molecule has 0 saturated heterocycles. The van der Waals surface area contributed by atoms with E-state index in [2.05, 4.69) is 13.8 Å². The number of rotatable bonds is 46. The summed E-state index contributed by atoms with van der Waals surface area (Å²) in [5.74, 6) is -1.76. The average molecular weight is 820 g/mol. The lowest BCUT2D eigenvalue weighted by molar-refractivity contribution is -0.154. The zero-order valence-corrected chi connectivity index (χ0v) is 37.4. The number of carbonyl (C=O) groups is 2. The summed E-state index contributed by atoms with van der Waals surface area (Å²) < 4.78 is 33.4. The van der Waals surface area contributed by atoms with Crippen LogP contribution >= 0.6 is 7.82 Å². The van der Waals surface area contributed by atoms with E-state index in [-0.39, 0.29) is 13.0 Å². The zero-order chi connectivity index (χ0) is 41.2. The predicted molar refractivity (Wildman–Crippen MR) is 231 cm³/mol. The first-order valence-corrected chi connectivity index (χ1v) is 25.1. The monoisotopic (exact) mass is 820 g/mol. The van der Waals surface area contributed by atoms with Gasteiger partial charge in [0.2, 0.25) is 0 Å². The molecule has 0 radical (unpaired) electrons. The van der Waals surface area contributed by atoms with Gasteiger partial charge in [-0.25, -0.2) is 4.57 Å². The van der Waals surface area contributed by atoms with Crippen molar-refractivity contribution in [3.8, 4) is 0 Å². The quantitative estimate of drug-likeness (QED) is 0.0307. The molecule has 56 heavy (non-hydrogen) atoms. The number of hydrogen-bond acceptors (Lipinski definition) is 8. The van der Waals surface area contributed by atoms with E-state index in [4.69, 9.17) is 29.4 Å². The summed E-state index contributed by atoms with van der Waals surface area (Å²) >= 11 is 0. The van der Waals surface area contributed by atoms with Crippen LogP contribution in [0.3, 0.4) is 0 Å². The van der Waals surface area contributed by atoms with E-state index in [1.165, 1.54) is 180 Å². The van der Waals surface area contributed by atoms with Gasteiger partial charge in [-0.05, 0) is 12.8 Å². The van der Waals surface area contributed by atoms with E-state index in [9.17, 15) is 19.0 Å². The minimum Gasteiger partial charge on any atom is -0.480 e. The molecule has 4 N–H and O–H groups in total. The minimum absolute atomic E-state index is 0.0256. The topological polar surface area (TPSA) is 155 Å². The first kappa shape index (κ1) is 55.0. The Balaban J connectivity index is 4.07. The molecule has 11 heteroatoms. The number of phosphoric acid groups is 1. The maximum Gasteiger partial charge on any atom is 0.472 e. The maximum absolute atomic E-state index is 12.6. The predicted octanol–water partition coefficient (Wildman–Crippen LogP) is 13.2. The first-order valence-electron chi connectivity index (χ1n) is 23.6. The first-order chi connectivity index (χ1) is 27.2. The van der Waals surface area contributed by atoms with Crippen LogP contribution in [-0.4, -0.2) is 60.5 Å². The number of carboxylic acid groups (broad SMARTS) is 1. The van der Waals surface area contributed by atoms with Crippen LogP contribution in [0.15, 0.2) is 0 Å². The molecule has 0 fully saturated rings. The molecule has 3 atom stereocenters. The fraction of sp³-hybridized carbons (Fsp3) is 0.956. The van der Waals surface area contributed by atoms with Gasteiger partial charge >= 0.3 is 19.8 Å². The number of ether oxygens (including phenoxy) is 2. The van der Waals surface area contributed by atoms with Crippen molar-refractivity contribution in [2.75, 3.05) is 26.4 Å². The van der Waals surface area contributed by atoms with Crippen molar-refractivity contribution in [1.82, 2.24) is 0 Å². The highest BCUT2D eigenvalue weighted by Gasteiger charge is 2.27. The molecule has 0 spiro atoms. The van der Waals surface area contributed by atoms with E-state index >= 15 is 0 Å². The molecule has 0 rings (SSSR count). The van der Waals surface area contributed by atoms with Crippen LogP contribution in [0.1, 0.15) is 239 Å². The van der Waals surface area contributed by atoms with E-state index in [0.29, 0.717) is 6.61 Å². The van der Waals surface area contributed by atoms with Gasteiger partial charge in [0.25, 0.3) is 0 Å². The number of nitrogens with two attached hydrogens (primary N) is 1. The van der Waals surface area contributed by atoms with Crippen molar-refractivity contribution in [3.63, 3.8) is 0 Å². The van der Waals surface area contributed by atoms with Gasteiger partial charge in [0.05, 0.1) is 19.8 Å². The van der Waals surface area contributed by atoms with Gasteiger partial charge in [0.15, 0.2) is 0 Å². The molecule has 10 nitrogen and oxygen atoms in total. The summed E-state index contributed by atoms with van der Waals surface area (Å²) in [5.41, 5.74) is 5.36. The average Bonchev–Trinajstić information content (AvgIpc) is 3.18. The van der Waals surface area contributed by atoms with E-state index in [1.807, 2.05) is 0 Å². The lowest BCUT2D eigenvalue weighted by atomic mass is 10.0. The Morgan fingerprint density at radius 3 is 1.18 bits per heavy atom. The smallest absolute Gasteiger partial charge is 0.472 e. The highest BCUT2D eigenvalue weighted by Crippen LogP contribution is 2.43. The SMILES string of the molecule is CCCCCCCCCCCCCCCCCCCCCCCCC(=O)OC(COCCCCCCCCCCCCCC)COP(=O)(O)OCC(N)C(=O)O. The molecule has 334 valence electrons. The van der Waals surface area contributed by atoms with Gasteiger partial charge in [0, 0.05) is 13.0 Å². The Kier molecular flexibility index (Phi) is 41.3. The second-order valence-corrected chi connectivity index (χ2v) is 17.7. The molecule has 3 unspecified atom stereocenters. The summed E-state index contributed by atoms with van der Waals surface area (Å²) in [6, 6.07) is -1.47. The Morgan fingerprint density at radius 2 is 0.821 bits per heavy atom.